The molecule has 0 saturated carbocycles. The molecule has 112 valence electrons. The summed E-state index contributed by atoms with van der Waals surface area (Å²) in [5, 5.41) is 5.02. The van der Waals surface area contributed by atoms with Crippen LogP contribution in [0.15, 0.2) is 34.9 Å². The van der Waals surface area contributed by atoms with Gasteiger partial charge in [-0.15, -0.1) is 0 Å². The predicted octanol–water partition coefficient (Wildman–Crippen LogP) is 2.99. The lowest BCUT2D eigenvalue weighted by Gasteiger charge is -2.12. The Kier molecular flexibility index (Phi) is 4.64. The van der Waals surface area contributed by atoms with Crippen LogP contribution in [0.3, 0.4) is 0 Å². The molecule has 7 heteroatoms. The Bertz CT molecular complexity index is 629. The highest BCUT2D eigenvalue weighted by molar-refractivity contribution is 5.92. The van der Waals surface area contributed by atoms with Crippen molar-refractivity contribution in [2.24, 2.45) is 0 Å². The maximum atomic E-state index is 13.4. The summed E-state index contributed by atoms with van der Waals surface area (Å²) < 4.78 is 44.3. The highest BCUT2D eigenvalue weighted by Crippen LogP contribution is 2.19. The molecule has 0 saturated heterocycles. The lowest BCUT2D eigenvalue weighted by molar-refractivity contribution is -0.115. The van der Waals surface area contributed by atoms with Crippen LogP contribution >= 0.6 is 0 Å². The molecule has 0 fully saturated rings. The smallest absolute Gasteiger partial charge is 0.238 e. The molecule has 1 aromatic heterocycles. The second-order valence-corrected chi connectivity index (χ2v) is 4.39. The number of benzene rings is 1. The summed E-state index contributed by atoms with van der Waals surface area (Å²) >= 11 is 0. The van der Waals surface area contributed by atoms with Gasteiger partial charge in [0.05, 0.1) is 24.5 Å². The van der Waals surface area contributed by atoms with E-state index in [1.54, 1.807) is 19.1 Å². The van der Waals surface area contributed by atoms with E-state index in [-0.39, 0.29) is 12.6 Å². The molecule has 0 aliphatic rings. The Balaban J connectivity index is 1.92. The van der Waals surface area contributed by atoms with E-state index in [1.807, 2.05) is 0 Å². The normalized spacial score (nSPS) is 12.2. The Labute approximate surface area is 119 Å². The molecule has 1 atom stereocenters. The van der Waals surface area contributed by atoms with Crippen molar-refractivity contribution >= 4 is 11.6 Å². The van der Waals surface area contributed by atoms with Crippen LogP contribution in [0, 0.1) is 17.5 Å². The van der Waals surface area contributed by atoms with Crippen molar-refractivity contribution in [3.8, 4) is 0 Å². The number of carbonyl (C=O) groups is 1. The largest absolute Gasteiger partial charge is 0.468 e. The van der Waals surface area contributed by atoms with Gasteiger partial charge in [0.25, 0.3) is 0 Å². The van der Waals surface area contributed by atoms with Gasteiger partial charge in [0, 0.05) is 0 Å². The van der Waals surface area contributed by atoms with E-state index in [1.165, 1.54) is 6.26 Å². The van der Waals surface area contributed by atoms with Gasteiger partial charge < -0.3 is 9.73 Å². The minimum atomic E-state index is -1.62. The summed E-state index contributed by atoms with van der Waals surface area (Å²) in [7, 11) is 0. The molecule has 1 aromatic carbocycles. The molecule has 2 N–H and O–H groups in total. The van der Waals surface area contributed by atoms with Crippen molar-refractivity contribution in [3.05, 3.63) is 53.7 Å². The van der Waals surface area contributed by atoms with E-state index in [0.29, 0.717) is 5.76 Å². The van der Waals surface area contributed by atoms with E-state index >= 15 is 0 Å². The third-order valence-electron chi connectivity index (χ3n) is 2.85. The number of carbonyl (C=O) groups excluding carboxylic acids is 1. The molecule has 0 unspecified atom stereocenters. The summed E-state index contributed by atoms with van der Waals surface area (Å²) in [6.07, 6.45) is 1.50. The third-order valence-corrected chi connectivity index (χ3v) is 2.85. The lowest BCUT2D eigenvalue weighted by Crippen LogP contribution is -2.30. The monoisotopic (exact) mass is 298 g/mol. The van der Waals surface area contributed by atoms with Crippen molar-refractivity contribution in [1.82, 2.24) is 5.32 Å². The molecule has 21 heavy (non-hydrogen) atoms. The number of nitrogens with one attached hydrogen (secondary N) is 2. The van der Waals surface area contributed by atoms with Crippen LogP contribution in [0.4, 0.5) is 18.9 Å². The first-order valence-corrected chi connectivity index (χ1v) is 6.19. The maximum Gasteiger partial charge on any atom is 0.238 e. The van der Waals surface area contributed by atoms with E-state index < -0.39 is 29.0 Å². The maximum absolute atomic E-state index is 13.4. The Morgan fingerprint density at radius 2 is 2.00 bits per heavy atom. The molecular weight excluding hydrogens is 285 g/mol. The second kappa shape index (κ2) is 6.45. The Morgan fingerprint density at radius 1 is 1.24 bits per heavy atom. The molecular formula is C14H13F3N2O2. The lowest BCUT2D eigenvalue weighted by atomic mass is 10.2. The van der Waals surface area contributed by atoms with Gasteiger partial charge in [-0.05, 0) is 31.2 Å². The second-order valence-electron chi connectivity index (χ2n) is 4.39. The van der Waals surface area contributed by atoms with Gasteiger partial charge >= 0.3 is 0 Å². The van der Waals surface area contributed by atoms with Gasteiger partial charge in [0.2, 0.25) is 5.91 Å². The summed E-state index contributed by atoms with van der Waals surface area (Å²) in [4.78, 5) is 11.6. The molecule has 1 amide bonds. The summed E-state index contributed by atoms with van der Waals surface area (Å²) in [5.74, 6) is -4.30. The van der Waals surface area contributed by atoms with Gasteiger partial charge in [0.1, 0.15) is 5.76 Å². The van der Waals surface area contributed by atoms with Crippen molar-refractivity contribution in [2.45, 2.75) is 13.0 Å². The zero-order chi connectivity index (χ0) is 15.4. The van der Waals surface area contributed by atoms with Crippen LogP contribution in [0.2, 0.25) is 0 Å². The predicted molar refractivity (Wildman–Crippen MR) is 70.1 cm³/mol. The fourth-order valence-electron chi connectivity index (χ4n) is 1.70. The number of anilines is 1. The highest BCUT2D eigenvalue weighted by atomic mass is 19.2. The topological polar surface area (TPSA) is 54.3 Å². The SMILES string of the molecule is C[C@@H](NCC(=O)Nc1ccc(F)c(F)c1F)c1ccco1. The molecule has 2 rings (SSSR count). The van der Waals surface area contributed by atoms with Crippen molar-refractivity contribution in [2.75, 3.05) is 11.9 Å². The number of amides is 1. The number of furan rings is 1. The quantitative estimate of drug-likeness (QED) is 0.834. The number of halogens is 3. The molecule has 0 bridgehead atoms. The molecule has 0 aliphatic carbocycles. The van der Waals surface area contributed by atoms with Gasteiger partial charge in [-0.1, -0.05) is 0 Å². The van der Waals surface area contributed by atoms with Crippen molar-refractivity contribution in [3.63, 3.8) is 0 Å². The van der Waals surface area contributed by atoms with Gasteiger partial charge in [0.15, 0.2) is 17.5 Å². The van der Waals surface area contributed by atoms with Gasteiger partial charge in [-0.25, -0.2) is 13.2 Å². The minimum Gasteiger partial charge on any atom is -0.468 e. The molecule has 2 aromatic rings. The average Bonchev–Trinajstić information content (AvgIpc) is 3.00. The number of hydrogen-bond donors (Lipinski definition) is 2. The molecule has 1 heterocycles. The minimum absolute atomic E-state index is 0.139. The van der Waals surface area contributed by atoms with Crippen LogP contribution in [-0.4, -0.2) is 12.5 Å². The van der Waals surface area contributed by atoms with E-state index in [4.69, 9.17) is 4.42 Å². The van der Waals surface area contributed by atoms with Crippen LogP contribution in [-0.2, 0) is 4.79 Å². The first kappa shape index (κ1) is 15.1. The Morgan fingerprint density at radius 3 is 2.67 bits per heavy atom. The molecule has 4 nitrogen and oxygen atoms in total. The van der Waals surface area contributed by atoms with E-state index in [2.05, 4.69) is 10.6 Å². The van der Waals surface area contributed by atoms with Crippen LogP contribution in [0.1, 0.15) is 18.7 Å². The van der Waals surface area contributed by atoms with Crippen LogP contribution in [0.5, 0.6) is 0 Å². The number of hydrogen-bond acceptors (Lipinski definition) is 3. The zero-order valence-electron chi connectivity index (χ0n) is 11.1. The molecule has 0 spiro atoms. The first-order chi connectivity index (χ1) is 9.99. The third kappa shape index (κ3) is 3.63. The zero-order valence-corrected chi connectivity index (χ0v) is 11.1. The van der Waals surface area contributed by atoms with Crippen LogP contribution in [0.25, 0.3) is 0 Å². The highest BCUT2D eigenvalue weighted by Gasteiger charge is 2.16. The molecule has 0 radical (unpaired) electrons. The summed E-state index contributed by atoms with van der Waals surface area (Å²) in [6, 6.07) is 4.93. The van der Waals surface area contributed by atoms with E-state index in [0.717, 1.165) is 12.1 Å². The standard InChI is InChI=1S/C14H13F3N2O2/c1-8(11-3-2-6-21-11)18-7-12(20)19-10-5-4-9(15)13(16)14(10)17/h2-6,8,18H,7H2,1H3,(H,19,20)/t8-/m1/s1. The van der Waals surface area contributed by atoms with Gasteiger partial charge in [-0.3, -0.25) is 10.1 Å². The van der Waals surface area contributed by atoms with Crippen LogP contribution < -0.4 is 10.6 Å². The van der Waals surface area contributed by atoms with Crippen molar-refractivity contribution < 1.29 is 22.4 Å². The number of rotatable bonds is 5. The summed E-state index contributed by atoms with van der Waals surface area (Å²) in [5.41, 5.74) is -0.411. The first-order valence-electron chi connectivity index (χ1n) is 6.19. The molecule has 0 aliphatic heterocycles. The summed E-state index contributed by atoms with van der Waals surface area (Å²) in [6.45, 7) is 1.64. The van der Waals surface area contributed by atoms with Crippen molar-refractivity contribution in [1.29, 1.82) is 0 Å². The Hall–Kier alpha value is -2.28. The van der Waals surface area contributed by atoms with E-state index in [9.17, 15) is 18.0 Å². The fourth-order valence-corrected chi connectivity index (χ4v) is 1.70. The average molecular weight is 298 g/mol. The van der Waals surface area contributed by atoms with Gasteiger partial charge in [-0.2, -0.15) is 0 Å². The fraction of sp³-hybridized carbons (Fsp3) is 0.214.